The lowest BCUT2D eigenvalue weighted by molar-refractivity contribution is 0.671. The summed E-state index contributed by atoms with van der Waals surface area (Å²) >= 11 is 6.20. The minimum absolute atomic E-state index is 0.475. The van der Waals surface area contributed by atoms with Crippen LogP contribution in [0.2, 0.25) is 5.15 Å². The topological polar surface area (TPSA) is 48.5 Å². The van der Waals surface area contributed by atoms with Crippen molar-refractivity contribution in [3.8, 4) is 29.4 Å². The first-order valence-electron chi connectivity index (χ1n) is 6.42. The number of rotatable bonds is 0. The van der Waals surface area contributed by atoms with E-state index in [1.807, 2.05) is 34.4 Å². The number of fused-ring (bicyclic) bond motifs is 5. The van der Waals surface area contributed by atoms with Gasteiger partial charge in [-0.15, -0.1) is 6.42 Å². The van der Waals surface area contributed by atoms with Gasteiger partial charge in [0.05, 0.1) is 17.9 Å². The van der Waals surface area contributed by atoms with E-state index in [4.69, 9.17) is 18.0 Å². The fourth-order valence-electron chi connectivity index (χ4n) is 2.62. The zero-order valence-electron chi connectivity index (χ0n) is 11.2. The summed E-state index contributed by atoms with van der Waals surface area (Å²) in [5.74, 6) is 4.16. The maximum absolute atomic E-state index is 6.20. The second-order valence-electron chi connectivity index (χ2n) is 4.87. The lowest BCUT2D eigenvalue weighted by Gasteiger charge is -2.08. The van der Waals surface area contributed by atoms with Crippen LogP contribution in [0.25, 0.3) is 17.1 Å². The number of hydrogen-bond acceptors (Lipinski definition) is 3. The summed E-state index contributed by atoms with van der Waals surface area (Å²) in [5, 5.41) is 4.91. The summed E-state index contributed by atoms with van der Waals surface area (Å²) < 4.78 is 3.80. The molecule has 1 aliphatic heterocycles. The Hall–Kier alpha value is -2.58. The number of hydrogen-bond donors (Lipinski definition) is 0. The van der Waals surface area contributed by atoms with Crippen molar-refractivity contribution in [3.63, 3.8) is 0 Å². The largest absolute Gasteiger partial charge is 0.299 e. The van der Waals surface area contributed by atoms with Gasteiger partial charge in [0.2, 0.25) is 0 Å². The van der Waals surface area contributed by atoms with E-state index in [0.717, 1.165) is 28.3 Å². The van der Waals surface area contributed by atoms with Crippen molar-refractivity contribution < 1.29 is 0 Å². The molecule has 0 saturated heterocycles. The average molecular weight is 296 g/mol. The molecule has 2 aromatic heterocycles. The second kappa shape index (κ2) is 4.21. The molecule has 1 aromatic carbocycles. The number of aromatic nitrogens is 5. The van der Waals surface area contributed by atoms with Gasteiger partial charge in [-0.25, -0.2) is 14.6 Å². The molecule has 3 heterocycles. The molecule has 0 spiro atoms. The summed E-state index contributed by atoms with van der Waals surface area (Å²) in [4.78, 5) is 8.71. The van der Waals surface area contributed by atoms with E-state index in [-0.39, 0.29) is 0 Å². The lowest BCUT2D eigenvalue weighted by atomic mass is 10.1. The first-order chi connectivity index (χ1) is 10.2. The fraction of sp³-hybridized carbons (Fsp3) is 0.133. The third-order valence-corrected chi connectivity index (χ3v) is 3.87. The van der Waals surface area contributed by atoms with E-state index < -0.39 is 0 Å². The van der Waals surface area contributed by atoms with Gasteiger partial charge in [-0.1, -0.05) is 17.5 Å². The predicted molar refractivity (Wildman–Crippen MR) is 79.4 cm³/mol. The van der Waals surface area contributed by atoms with Crippen molar-refractivity contribution in [2.75, 3.05) is 0 Å². The van der Waals surface area contributed by atoms with E-state index in [1.54, 1.807) is 6.33 Å². The third kappa shape index (κ3) is 1.70. The molecule has 21 heavy (non-hydrogen) atoms. The van der Waals surface area contributed by atoms with E-state index in [0.29, 0.717) is 17.5 Å². The Kier molecular flexibility index (Phi) is 2.44. The highest BCUT2D eigenvalue weighted by Gasteiger charge is 2.23. The zero-order chi connectivity index (χ0) is 14.6. The maximum Gasteiger partial charge on any atom is 0.160 e. The van der Waals surface area contributed by atoms with Crippen molar-refractivity contribution >= 4 is 11.6 Å². The Morgan fingerprint density at radius 2 is 2.24 bits per heavy atom. The first kappa shape index (κ1) is 12.2. The number of terminal acetylenes is 1. The normalized spacial score (nSPS) is 12.0. The Labute approximate surface area is 126 Å². The van der Waals surface area contributed by atoms with Crippen LogP contribution in [-0.2, 0) is 6.54 Å². The summed E-state index contributed by atoms with van der Waals surface area (Å²) in [7, 11) is 0. The minimum atomic E-state index is 0.475. The summed E-state index contributed by atoms with van der Waals surface area (Å²) in [6.07, 6.45) is 7.23. The molecule has 0 amide bonds. The standard InChI is InChI=1S/C15H10ClN5/c1-3-10-4-5-12-11(6-10)15-18-9(2)19-21(15)7-13-14(16)17-8-20(12)13/h1,4-6,8H,7H2,2H3. The van der Waals surface area contributed by atoms with Crippen molar-refractivity contribution in [3.05, 3.63) is 46.8 Å². The van der Waals surface area contributed by atoms with E-state index in [9.17, 15) is 0 Å². The molecule has 3 aromatic rings. The molecular formula is C15H10ClN5. The molecule has 1 aliphatic rings. The van der Waals surface area contributed by atoms with Crippen molar-refractivity contribution in [2.24, 2.45) is 0 Å². The van der Waals surface area contributed by atoms with Crippen LogP contribution < -0.4 is 0 Å². The highest BCUT2D eigenvalue weighted by atomic mass is 35.5. The van der Waals surface area contributed by atoms with Gasteiger partial charge in [-0.3, -0.25) is 4.57 Å². The van der Waals surface area contributed by atoms with Crippen LogP contribution in [0.4, 0.5) is 0 Å². The molecule has 0 atom stereocenters. The molecule has 0 fully saturated rings. The smallest absolute Gasteiger partial charge is 0.160 e. The fourth-order valence-corrected chi connectivity index (χ4v) is 2.82. The monoisotopic (exact) mass is 295 g/mol. The van der Waals surface area contributed by atoms with E-state index >= 15 is 0 Å². The van der Waals surface area contributed by atoms with Gasteiger partial charge >= 0.3 is 0 Å². The highest BCUT2D eigenvalue weighted by Crippen LogP contribution is 2.33. The molecule has 0 radical (unpaired) electrons. The molecule has 0 saturated carbocycles. The van der Waals surface area contributed by atoms with E-state index in [1.165, 1.54) is 0 Å². The van der Waals surface area contributed by atoms with Gasteiger partial charge in [0.1, 0.15) is 12.2 Å². The highest BCUT2D eigenvalue weighted by molar-refractivity contribution is 6.30. The molecule has 4 rings (SSSR count). The summed E-state index contributed by atoms with van der Waals surface area (Å²) in [6.45, 7) is 2.39. The number of benzene rings is 1. The Balaban J connectivity index is 2.11. The van der Waals surface area contributed by atoms with Crippen molar-refractivity contribution in [2.45, 2.75) is 13.5 Å². The molecule has 6 heteroatoms. The van der Waals surface area contributed by atoms with Crippen LogP contribution in [-0.4, -0.2) is 24.3 Å². The summed E-state index contributed by atoms with van der Waals surface area (Å²) in [6, 6.07) is 5.80. The molecule has 0 bridgehead atoms. The van der Waals surface area contributed by atoms with Gasteiger partial charge in [0.15, 0.2) is 11.0 Å². The Morgan fingerprint density at radius 3 is 3.05 bits per heavy atom. The van der Waals surface area contributed by atoms with Gasteiger partial charge in [-0.05, 0) is 25.1 Å². The number of imidazole rings is 1. The molecule has 0 N–H and O–H groups in total. The van der Waals surface area contributed by atoms with Crippen molar-refractivity contribution in [1.82, 2.24) is 24.3 Å². The SMILES string of the molecule is C#Cc1ccc2c(c1)-c1nc(C)nn1Cc1c(Cl)ncn1-2. The van der Waals surface area contributed by atoms with Gasteiger partial charge in [0.25, 0.3) is 0 Å². The number of aryl methyl sites for hydroxylation is 1. The Bertz CT molecular complexity index is 913. The van der Waals surface area contributed by atoms with Crippen LogP contribution in [0, 0.1) is 19.3 Å². The van der Waals surface area contributed by atoms with Crippen molar-refractivity contribution in [1.29, 1.82) is 0 Å². The third-order valence-electron chi connectivity index (χ3n) is 3.56. The van der Waals surface area contributed by atoms with E-state index in [2.05, 4.69) is 21.0 Å². The number of halogens is 1. The van der Waals surface area contributed by atoms with Crippen LogP contribution >= 0.6 is 11.6 Å². The zero-order valence-corrected chi connectivity index (χ0v) is 12.0. The first-order valence-corrected chi connectivity index (χ1v) is 6.80. The van der Waals surface area contributed by atoms with Gasteiger partial charge in [-0.2, -0.15) is 5.10 Å². The lowest BCUT2D eigenvalue weighted by Crippen LogP contribution is -2.04. The molecular weight excluding hydrogens is 286 g/mol. The molecule has 5 nitrogen and oxygen atoms in total. The van der Waals surface area contributed by atoms with Crippen LogP contribution in [0.15, 0.2) is 24.5 Å². The van der Waals surface area contributed by atoms with Crippen LogP contribution in [0.3, 0.4) is 0 Å². The second-order valence-corrected chi connectivity index (χ2v) is 5.23. The number of nitrogens with zero attached hydrogens (tertiary/aromatic N) is 5. The Morgan fingerprint density at radius 1 is 1.38 bits per heavy atom. The molecule has 102 valence electrons. The molecule has 0 aliphatic carbocycles. The van der Waals surface area contributed by atoms with Gasteiger partial charge < -0.3 is 0 Å². The maximum atomic E-state index is 6.20. The van der Waals surface area contributed by atoms with Crippen LogP contribution in [0.5, 0.6) is 0 Å². The molecule has 0 unspecified atom stereocenters. The van der Waals surface area contributed by atoms with Crippen LogP contribution in [0.1, 0.15) is 17.1 Å². The van der Waals surface area contributed by atoms with Gasteiger partial charge in [0, 0.05) is 11.1 Å². The quantitative estimate of drug-likeness (QED) is 0.468. The average Bonchev–Trinajstić information content (AvgIpc) is 2.99. The predicted octanol–water partition coefficient (Wildman–Crippen LogP) is 2.44. The summed E-state index contributed by atoms with van der Waals surface area (Å²) in [5.41, 5.74) is 3.57. The minimum Gasteiger partial charge on any atom is -0.299 e.